The largest absolute Gasteiger partial charge is 0.334 e. The Hall–Kier alpha value is -2.81. The Morgan fingerprint density at radius 3 is 2.67 bits per heavy atom. The van der Waals surface area contributed by atoms with Crippen LogP contribution in [0.1, 0.15) is 36.7 Å². The van der Waals surface area contributed by atoms with Crippen molar-refractivity contribution in [3.05, 3.63) is 47.3 Å². The molecule has 0 spiro atoms. The third kappa shape index (κ3) is 4.13. The van der Waals surface area contributed by atoms with Gasteiger partial charge in [0.15, 0.2) is 0 Å². The van der Waals surface area contributed by atoms with Crippen LogP contribution in [0, 0.1) is 13.8 Å². The minimum atomic E-state index is -0.122. The lowest BCUT2D eigenvalue weighted by atomic mass is 10.0. The lowest BCUT2D eigenvalue weighted by Crippen LogP contribution is -2.19. The molecule has 0 bridgehead atoms. The molecule has 0 atom stereocenters. The van der Waals surface area contributed by atoms with Gasteiger partial charge in [-0.3, -0.25) is 4.79 Å². The highest BCUT2D eigenvalue weighted by Crippen LogP contribution is 2.24. The van der Waals surface area contributed by atoms with E-state index >= 15 is 0 Å². The number of rotatable bonds is 6. The summed E-state index contributed by atoms with van der Waals surface area (Å²) in [6.07, 6.45) is 0. The van der Waals surface area contributed by atoms with Crippen molar-refractivity contribution >= 4 is 23.4 Å². The van der Waals surface area contributed by atoms with Gasteiger partial charge in [0.2, 0.25) is 11.1 Å². The average Bonchev–Trinajstić information content (AvgIpc) is 3.14. The number of carbonyl (C=O) groups is 1. The van der Waals surface area contributed by atoms with Gasteiger partial charge in [-0.05, 0) is 37.5 Å². The number of amides is 1. The second kappa shape index (κ2) is 7.83. The van der Waals surface area contributed by atoms with Crippen molar-refractivity contribution in [2.75, 3.05) is 16.9 Å². The molecule has 0 aliphatic heterocycles. The molecule has 0 fully saturated rings. The molecule has 1 aromatic carbocycles. The number of para-hydroxylation sites is 1. The molecule has 0 saturated heterocycles. The van der Waals surface area contributed by atoms with E-state index in [0.29, 0.717) is 17.0 Å². The predicted octanol–water partition coefficient (Wildman–Crippen LogP) is 2.65. The number of hydrogen-bond acceptors (Lipinski definition) is 6. The molecule has 3 N–H and O–H groups in total. The molecule has 2 aromatic heterocycles. The lowest BCUT2D eigenvalue weighted by molar-refractivity contribution is -0.113. The molecule has 142 valence electrons. The van der Waals surface area contributed by atoms with Crippen molar-refractivity contribution in [3.63, 3.8) is 0 Å². The number of aryl methyl sites for hydroxylation is 2. The summed E-state index contributed by atoms with van der Waals surface area (Å²) < 4.78 is 2.98. The quantitative estimate of drug-likeness (QED) is 0.499. The molecule has 2 heterocycles. The SMILES string of the molecule is Cc1cc(C)n(-c2nnc(SCC(=O)Nc3ccccc3C(C)C)n2N)n1. The Kier molecular flexibility index (Phi) is 5.50. The van der Waals surface area contributed by atoms with Crippen molar-refractivity contribution in [3.8, 4) is 5.95 Å². The number of anilines is 1. The van der Waals surface area contributed by atoms with Gasteiger partial charge in [0.1, 0.15) is 0 Å². The molecule has 0 saturated carbocycles. The fourth-order valence-electron chi connectivity index (χ4n) is 2.77. The zero-order valence-electron chi connectivity index (χ0n) is 15.8. The normalized spacial score (nSPS) is 11.1. The van der Waals surface area contributed by atoms with E-state index in [0.717, 1.165) is 22.6 Å². The minimum absolute atomic E-state index is 0.122. The molecule has 3 rings (SSSR count). The Bertz CT molecular complexity index is 961. The van der Waals surface area contributed by atoms with E-state index in [1.54, 1.807) is 4.68 Å². The maximum atomic E-state index is 12.4. The van der Waals surface area contributed by atoms with Gasteiger partial charge < -0.3 is 11.2 Å². The van der Waals surface area contributed by atoms with Crippen LogP contribution in [0.3, 0.4) is 0 Å². The first-order valence-corrected chi connectivity index (χ1v) is 9.61. The summed E-state index contributed by atoms with van der Waals surface area (Å²) in [5, 5.41) is 15.9. The first-order valence-electron chi connectivity index (χ1n) is 8.62. The molecule has 27 heavy (non-hydrogen) atoms. The summed E-state index contributed by atoms with van der Waals surface area (Å²) in [4.78, 5) is 12.4. The van der Waals surface area contributed by atoms with Crippen LogP contribution in [0.5, 0.6) is 0 Å². The van der Waals surface area contributed by atoms with Gasteiger partial charge >= 0.3 is 0 Å². The smallest absolute Gasteiger partial charge is 0.271 e. The first-order chi connectivity index (χ1) is 12.9. The molecule has 3 aromatic rings. The highest BCUT2D eigenvalue weighted by atomic mass is 32.2. The number of hydrogen-bond donors (Lipinski definition) is 2. The van der Waals surface area contributed by atoms with Crippen molar-refractivity contribution in [2.45, 2.75) is 38.8 Å². The maximum Gasteiger partial charge on any atom is 0.271 e. The number of nitrogens with two attached hydrogens (primary N) is 1. The van der Waals surface area contributed by atoms with Crippen LogP contribution in [0.25, 0.3) is 5.95 Å². The van der Waals surface area contributed by atoms with Crippen LogP contribution in [0.15, 0.2) is 35.5 Å². The number of benzene rings is 1. The highest BCUT2D eigenvalue weighted by molar-refractivity contribution is 7.99. The van der Waals surface area contributed by atoms with E-state index < -0.39 is 0 Å². The Morgan fingerprint density at radius 1 is 1.26 bits per heavy atom. The van der Waals surface area contributed by atoms with E-state index in [2.05, 4.69) is 34.5 Å². The number of thioether (sulfide) groups is 1. The predicted molar refractivity (Wildman–Crippen MR) is 107 cm³/mol. The molecule has 0 radical (unpaired) electrons. The molecular weight excluding hydrogens is 362 g/mol. The monoisotopic (exact) mass is 385 g/mol. The van der Waals surface area contributed by atoms with E-state index in [9.17, 15) is 4.79 Å². The van der Waals surface area contributed by atoms with Crippen molar-refractivity contribution in [1.82, 2.24) is 24.7 Å². The highest BCUT2D eigenvalue weighted by Gasteiger charge is 2.16. The Labute approximate surface area is 162 Å². The van der Waals surface area contributed by atoms with Gasteiger partial charge in [0, 0.05) is 11.4 Å². The van der Waals surface area contributed by atoms with Crippen molar-refractivity contribution in [1.29, 1.82) is 0 Å². The topological polar surface area (TPSA) is 104 Å². The number of nitrogens with zero attached hydrogens (tertiary/aromatic N) is 5. The number of nitrogens with one attached hydrogen (secondary N) is 1. The van der Waals surface area contributed by atoms with Crippen LogP contribution < -0.4 is 11.2 Å². The first kappa shape index (κ1) is 19.0. The van der Waals surface area contributed by atoms with Crippen LogP contribution in [-0.4, -0.2) is 36.3 Å². The van der Waals surface area contributed by atoms with Gasteiger partial charge in [-0.2, -0.15) is 5.10 Å². The lowest BCUT2D eigenvalue weighted by Gasteiger charge is -2.13. The zero-order valence-corrected chi connectivity index (χ0v) is 16.6. The van der Waals surface area contributed by atoms with Crippen LogP contribution >= 0.6 is 11.8 Å². The van der Waals surface area contributed by atoms with Gasteiger partial charge in [-0.25, -0.2) is 9.36 Å². The molecule has 0 unspecified atom stereocenters. The summed E-state index contributed by atoms with van der Waals surface area (Å²) in [5.74, 6) is 6.89. The average molecular weight is 385 g/mol. The van der Waals surface area contributed by atoms with E-state index in [-0.39, 0.29) is 11.7 Å². The molecule has 8 nitrogen and oxygen atoms in total. The van der Waals surface area contributed by atoms with Crippen molar-refractivity contribution < 1.29 is 4.79 Å². The Morgan fingerprint density at radius 2 is 2.00 bits per heavy atom. The summed E-state index contributed by atoms with van der Waals surface area (Å²) in [7, 11) is 0. The number of aromatic nitrogens is 5. The molecule has 0 aliphatic carbocycles. The Balaban J connectivity index is 1.67. The van der Waals surface area contributed by atoms with E-state index in [4.69, 9.17) is 5.84 Å². The second-order valence-electron chi connectivity index (χ2n) is 6.57. The van der Waals surface area contributed by atoms with Crippen LogP contribution in [0.4, 0.5) is 5.69 Å². The van der Waals surface area contributed by atoms with Crippen molar-refractivity contribution in [2.24, 2.45) is 0 Å². The summed E-state index contributed by atoms with van der Waals surface area (Å²) in [6.45, 7) is 8.01. The second-order valence-corrected chi connectivity index (χ2v) is 7.51. The van der Waals surface area contributed by atoms with Gasteiger partial charge in [0.05, 0.1) is 11.4 Å². The molecule has 0 aliphatic rings. The van der Waals surface area contributed by atoms with Gasteiger partial charge in [0.25, 0.3) is 5.95 Å². The third-order valence-corrected chi connectivity index (χ3v) is 4.98. The number of nitrogen functional groups attached to an aromatic ring is 1. The molecule has 1 amide bonds. The van der Waals surface area contributed by atoms with Gasteiger partial charge in [-0.15, -0.1) is 10.2 Å². The standard InChI is InChI=1S/C18H23N7OS/c1-11(2)14-7-5-6-8-15(14)20-16(26)10-27-18-22-21-17(24(18)19)25-13(4)9-12(3)23-25/h5-9,11H,10,19H2,1-4H3,(H,20,26). The third-order valence-electron chi connectivity index (χ3n) is 4.03. The summed E-state index contributed by atoms with van der Waals surface area (Å²) in [6, 6.07) is 9.74. The van der Waals surface area contributed by atoms with Crippen LogP contribution in [0.2, 0.25) is 0 Å². The number of carbonyl (C=O) groups excluding carboxylic acids is 1. The minimum Gasteiger partial charge on any atom is -0.334 e. The summed E-state index contributed by atoms with van der Waals surface area (Å²) >= 11 is 1.23. The fraction of sp³-hybridized carbons (Fsp3) is 0.333. The van der Waals surface area contributed by atoms with Crippen LogP contribution in [-0.2, 0) is 4.79 Å². The zero-order chi connectivity index (χ0) is 19.6. The van der Waals surface area contributed by atoms with E-state index in [1.165, 1.54) is 16.4 Å². The maximum absolute atomic E-state index is 12.4. The summed E-state index contributed by atoms with van der Waals surface area (Å²) in [5.41, 5.74) is 3.71. The molecule has 9 heteroatoms. The molecular formula is C18H23N7OS. The van der Waals surface area contributed by atoms with Gasteiger partial charge in [-0.1, -0.05) is 43.8 Å². The van der Waals surface area contributed by atoms with E-state index in [1.807, 2.05) is 44.2 Å². The fourth-order valence-corrected chi connectivity index (χ4v) is 3.43.